The van der Waals surface area contributed by atoms with Crippen LogP contribution in [-0.2, 0) is 15.6 Å². The van der Waals surface area contributed by atoms with E-state index in [9.17, 15) is 9.35 Å². The minimum atomic E-state index is -1.60. The molecule has 2 nitrogen and oxygen atoms in total. The molecule has 1 aliphatic heterocycles. The first-order valence-electron chi connectivity index (χ1n) is 5.12. The standard InChI is InChI=1S/C13H10O2S/c14-11-5-3-7-13-10(11)8-9-4-1-2-6-12(9)16(13)15/h1-4,6-8,16H,5H2. The van der Waals surface area contributed by atoms with Gasteiger partial charge in [0.2, 0.25) is 0 Å². The molecule has 2 aliphatic rings. The second-order valence-corrected chi connectivity index (χ2v) is 5.38. The van der Waals surface area contributed by atoms with Crippen LogP contribution in [-0.4, -0.2) is 15.2 Å². The van der Waals surface area contributed by atoms with Crippen LogP contribution in [0.5, 0.6) is 0 Å². The number of ketones is 1. The van der Waals surface area contributed by atoms with Gasteiger partial charge in [0.1, 0.15) is 9.76 Å². The van der Waals surface area contributed by atoms with E-state index in [1.54, 1.807) is 6.08 Å². The first-order chi connectivity index (χ1) is 7.77. The lowest BCUT2D eigenvalue weighted by Crippen LogP contribution is -2.22. The maximum atomic E-state index is 12.3. The quantitative estimate of drug-likeness (QED) is 0.386. The minimum Gasteiger partial charge on any atom is -0.646 e. The van der Waals surface area contributed by atoms with Gasteiger partial charge in [-0.05, 0) is 18.2 Å². The van der Waals surface area contributed by atoms with Crippen molar-refractivity contribution >= 4 is 27.5 Å². The Balaban J connectivity index is 2.33. The minimum absolute atomic E-state index is 0.0651. The molecule has 0 spiro atoms. The summed E-state index contributed by atoms with van der Waals surface area (Å²) in [6, 6.07) is 7.53. The zero-order valence-corrected chi connectivity index (χ0v) is 9.41. The van der Waals surface area contributed by atoms with Crippen LogP contribution in [0, 0.1) is 0 Å². The van der Waals surface area contributed by atoms with Gasteiger partial charge in [0.15, 0.2) is 5.78 Å². The fraction of sp³-hybridized carbons (Fsp3) is 0.0769. The lowest BCUT2D eigenvalue weighted by molar-refractivity contribution is -0.114. The molecule has 1 aromatic carbocycles. The molecule has 1 aromatic rings. The Labute approximate surface area is 96.1 Å². The monoisotopic (exact) mass is 230 g/mol. The number of Topliss-reactive ketones (excluding diaryl/α,β-unsaturated/α-hetero) is 1. The number of rotatable bonds is 0. The summed E-state index contributed by atoms with van der Waals surface area (Å²) in [7, 11) is -1.60. The predicted molar refractivity (Wildman–Crippen MR) is 66.0 cm³/mol. The average Bonchev–Trinajstić information content (AvgIpc) is 2.31. The number of hydrogen-bond acceptors (Lipinski definition) is 2. The van der Waals surface area contributed by atoms with Crippen LogP contribution in [0.4, 0.5) is 0 Å². The van der Waals surface area contributed by atoms with Crippen LogP contribution in [0.2, 0.25) is 0 Å². The highest BCUT2D eigenvalue weighted by Gasteiger charge is 2.25. The van der Waals surface area contributed by atoms with E-state index in [-0.39, 0.29) is 5.78 Å². The topological polar surface area (TPSA) is 40.1 Å². The summed E-state index contributed by atoms with van der Waals surface area (Å²) < 4.78 is 12.3. The second kappa shape index (κ2) is 3.54. The smallest absolute Gasteiger partial charge is 0.171 e. The molecular weight excluding hydrogens is 220 g/mol. The van der Waals surface area contributed by atoms with Crippen molar-refractivity contribution in [1.29, 1.82) is 0 Å². The molecule has 1 unspecified atom stereocenters. The number of carbonyl (C=O) groups excluding carboxylic acids is 1. The molecule has 0 fully saturated rings. The molecule has 0 aromatic heterocycles. The van der Waals surface area contributed by atoms with Gasteiger partial charge in [0, 0.05) is 12.0 Å². The van der Waals surface area contributed by atoms with E-state index >= 15 is 0 Å². The van der Waals surface area contributed by atoms with Gasteiger partial charge in [-0.15, -0.1) is 10.8 Å². The van der Waals surface area contributed by atoms with Gasteiger partial charge in [0.05, 0.1) is 5.57 Å². The molecule has 3 rings (SSSR count). The van der Waals surface area contributed by atoms with E-state index in [1.807, 2.05) is 36.4 Å². The lowest BCUT2D eigenvalue weighted by Gasteiger charge is -2.21. The number of carbonyl (C=O) groups is 1. The zero-order valence-electron chi connectivity index (χ0n) is 8.51. The summed E-state index contributed by atoms with van der Waals surface area (Å²) in [5, 5.41) is 0. The van der Waals surface area contributed by atoms with E-state index in [0.717, 1.165) is 10.5 Å². The van der Waals surface area contributed by atoms with Gasteiger partial charge >= 0.3 is 0 Å². The van der Waals surface area contributed by atoms with Crippen molar-refractivity contribution in [3.05, 3.63) is 47.6 Å². The summed E-state index contributed by atoms with van der Waals surface area (Å²) in [6.07, 6.45) is 5.88. The molecule has 0 saturated carbocycles. The van der Waals surface area contributed by atoms with Gasteiger partial charge in [0.25, 0.3) is 0 Å². The number of benzene rings is 1. The van der Waals surface area contributed by atoms with Crippen LogP contribution in [0.1, 0.15) is 12.0 Å². The number of fused-ring (bicyclic) bond motifs is 2. The van der Waals surface area contributed by atoms with Crippen molar-refractivity contribution in [2.24, 2.45) is 0 Å². The molecule has 0 radical (unpaired) electrons. The van der Waals surface area contributed by atoms with Gasteiger partial charge in [-0.25, -0.2) is 0 Å². The summed E-state index contributed by atoms with van der Waals surface area (Å²) >= 11 is 0. The molecule has 0 N–H and O–H groups in total. The highest BCUT2D eigenvalue weighted by Crippen LogP contribution is 2.27. The van der Waals surface area contributed by atoms with Gasteiger partial charge in [-0.2, -0.15) is 0 Å². The Morgan fingerprint density at radius 2 is 2.06 bits per heavy atom. The number of hydrogen-bond donors (Lipinski definition) is 0. The maximum absolute atomic E-state index is 12.3. The van der Waals surface area contributed by atoms with E-state index in [0.29, 0.717) is 16.9 Å². The van der Waals surface area contributed by atoms with Crippen molar-refractivity contribution in [3.63, 3.8) is 0 Å². The van der Waals surface area contributed by atoms with E-state index in [4.69, 9.17) is 0 Å². The molecule has 16 heavy (non-hydrogen) atoms. The van der Waals surface area contributed by atoms with Crippen LogP contribution in [0.3, 0.4) is 0 Å². The summed E-state index contributed by atoms with van der Waals surface area (Å²) in [6.45, 7) is 0. The molecule has 1 heterocycles. The Kier molecular flexibility index (Phi) is 2.16. The van der Waals surface area contributed by atoms with E-state index in [2.05, 4.69) is 0 Å². The van der Waals surface area contributed by atoms with Crippen molar-refractivity contribution < 1.29 is 9.35 Å². The average molecular weight is 230 g/mol. The van der Waals surface area contributed by atoms with E-state index in [1.165, 1.54) is 0 Å². The highest BCUT2D eigenvalue weighted by molar-refractivity contribution is 7.92. The lowest BCUT2D eigenvalue weighted by atomic mass is 9.97. The second-order valence-electron chi connectivity index (χ2n) is 3.83. The first-order valence-corrected chi connectivity index (χ1v) is 6.38. The zero-order chi connectivity index (χ0) is 11.1. The van der Waals surface area contributed by atoms with Crippen LogP contribution < -0.4 is 0 Å². The third-order valence-electron chi connectivity index (χ3n) is 2.83. The Bertz CT molecular complexity index is 579. The molecule has 0 amide bonds. The van der Waals surface area contributed by atoms with Crippen molar-refractivity contribution in [2.75, 3.05) is 0 Å². The summed E-state index contributed by atoms with van der Waals surface area (Å²) in [5.74, 6) is 0.0651. The SMILES string of the molecule is O=C1CC=CC2=[SH+]([O-])c3ccccc3C=C12. The summed E-state index contributed by atoms with van der Waals surface area (Å²) in [5.41, 5.74) is 1.54. The molecule has 80 valence electrons. The van der Waals surface area contributed by atoms with Crippen molar-refractivity contribution in [2.45, 2.75) is 11.3 Å². The van der Waals surface area contributed by atoms with Crippen molar-refractivity contribution in [1.82, 2.24) is 0 Å². The molecule has 0 saturated heterocycles. The largest absolute Gasteiger partial charge is 0.646 e. The van der Waals surface area contributed by atoms with E-state index < -0.39 is 10.8 Å². The van der Waals surface area contributed by atoms with Gasteiger partial charge in [-0.1, -0.05) is 24.3 Å². The van der Waals surface area contributed by atoms with Crippen LogP contribution >= 0.6 is 0 Å². The Morgan fingerprint density at radius 1 is 1.25 bits per heavy atom. The van der Waals surface area contributed by atoms with Gasteiger partial charge < -0.3 is 4.55 Å². The van der Waals surface area contributed by atoms with Gasteiger partial charge in [-0.3, -0.25) is 4.79 Å². The summed E-state index contributed by atoms with van der Waals surface area (Å²) in [4.78, 5) is 13.2. The maximum Gasteiger partial charge on any atom is 0.171 e. The molecular formula is C13H10O2S. The normalized spacial score (nSPS) is 22.6. The highest BCUT2D eigenvalue weighted by atomic mass is 32.2. The van der Waals surface area contributed by atoms with Crippen LogP contribution in [0.15, 0.2) is 46.9 Å². The van der Waals surface area contributed by atoms with Crippen LogP contribution in [0.25, 0.3) is 6.08 Å². The third-order valence-corrected chi connectivity index (χ3v) is 4.50. The Hall–Kier alpha value is -1.45. The molecule has 3 heteroatoms. The molecule has 1 aliphatic carbocycles. The number of thiol groups is 1. The third kappa shape index (κ3) is 1.32. The fourth-order valence-electron chi connectivity index (χ4n) is 2.03. The predicted octanol–water partition coefficient (Wildman–Crippen LogP) is 1.62. The molecule has 1 atom stereocenters. The number of allylic oxidation sites excluding steroid dienone is 3. The first kappa shape index (κ1) is 9.75. The Morgan fingerprint density at radius 3 is 2.94 bits per heavy atom. The van der Waals surface area contributed by atoms with Crippen molar-refractivity contribution in [3.8, 4) is 0 Å². The fourth-order valence-corrected chi connectivity index (χ4v) is 3.53. The molecule has 0 bridgehead atoms.